The van der Waals surface area contributed by atoms with Gasteiger partial charge in [0.05, 0.1) is 17.9 Å². The molecule has 0 bridgehead atoms. The quantitative estimate of drug-likeness (QED) is 0.922. The van der Waals surface area contributed by atoms with E-state index in [0.717, 1.165) is 5.56 Å². The van der Waals surface area contributed by atoms with Crippen LogP contribution in [-0.2, 0) is 11.2 Å². The number of carbonyl (C=O) groups is 2. The molecule has 21 heavy (non-hydrogen) atoms. The molecule has 2 rings (SSSR count). The number of hydrogen-bond donors (Lipinski definition) is 1. The van der Waals surface area contributed by atoms with E-state index in [-0.39, 0.29) is 18.9 Å². The van der Waals surface area contributed by atoms with E-state index in [1.165, 1.54) is 0 Å². The molecule has 1 unspecified atom stereocenters. The number of carboxylic acid groups (broad SMARTS) is 1. The maximum Gasteiger partial charge on any atom is 0.311 e. The second kappa shape index (κ2) is 5.96. The Hall–Kier alpha value is -2.35. The Labute approximate surface area is 123 Å². The number of carboxylic acids is 1. The van der Waals surface area contributed by atoms with Crippen molar-refractivity contribution in [1.82, 2.24) is 4.90 Å². The summed E-state index contributed by atoms with van der Waals surface area (Å²) in [6.45, 7) is 2.48. The Balaban J connectivity index is 2.18. The van der Waals surface area contributed by atoms with Gasteiger partial charge in [-0.25, -0.2) is 0 Å². The van der Waals surface area contributed by atoms with Crippen LogP contribution >= 0.6 is 0 Å². The monoisotopic (exact) mass is 286 g/mol. The lowest BCUT2D eigenvalue weighted by Gasteiger charge is -2.37. The van der Waals surface area contributed by atoms with Crippen molar-refractivity contribution < 1.29 is 14.7 Å². The van der Waals surface area contributed by atoms with Crippen molar-refractivity contribution in [2.24, 2.45) is 5.41 Å². The van der Waals surface area contributed by atoms with Crippen molar-refractivity contribution in [2.45, 2.75) is 26.2 Å². The minimum Gasteiger partial charge on any atom is -0.481 e. The van der Waals surface area contributed by atoms with Crippen LogP contribution in [0.25, 0.3) is 0 Å². The number of nitrogens with zero attached hydrogens (tertiary/aromatic N) is 2. The topological polar surface area (TPSA) is 81.4 Å². The molecule has 110 valence electrons. The number of benzene rings is 1. The van der Waals surface area contributed by atoms with Crippen molar-refractivity contribution in [2.75, 3.05) is 13.1 Å². The number of hydrogen-bond acceptors (Lipinski definition) is 3. The number of aliphatic carboxylic acids is 1. The molecule has 5 nitrogen and oxygen atoms in total. The second-order valence-electron chi connectivity index (χ2n) is 5.73. The molecule has 1 N–H and O–H groups in total. The summed E-state index contributed by atoms with van der Waals surface area (Å²) in [4.78, 5) is 25.5. The van der Waals surface area contributed by atoms with Crippen molar-refractivity contribution in [3.8, 4) is 6.07 Å². The standard InChI is InChI=1S/C16H18N2O3/c1-16(15(20)21)7-3-9-18(11-16)14(19)13-5-2-4-12(10-13)6-8-17/h2,4-5,10H,3,6-7,9,11H2,1H3,(H,20,21). The van der Waals surface area contributed by atoms with Crippen LogP contribution in [0.4, 0.5) is 0 Å². The van der Waals surface area contributed by atoms with Gasteiger partial charge >= 0.3 is 5.97 Å². The van der Waals surface area contributed by atoms with E-state index in [0.29, 0.717) is 24.9 Å². The predicted molar refractivity (Wildman–Crippen MR) is 76.6 cm³/mol. The van der Waals surface area contributed by atoms with Gasteiger partial charge in [0, 0.05) is 18.7 Å². The number of amides is 1. The van der Waals surface area contributed by atoms with Crippen LogP contribution in [0.1, 0.15) is 35.7 Å². The first-order chi connectivity index (χ1) is 9.96. The van der Waals surface area contributed by atoms with Gasteiger partial charge in [0.25, 0.3) is 5.91 Å². The molecule has 1 atom stereocenters. The van der Waals surface area contributed by atoms with Gasteiger partial charge < -0.3 is 10.0 Å². The smallest absolute Gasteiger partial charge is 0.311 e. The molecule has 1 aromatic rings. The zero-order valence-electron chi connectivity index (χ0n) is 12.0. The maximum absolute atomic E-state index is 12.5. The van der Waals surface area contributed by atoms with E-state index in [9.17, 15) is 14.7 Å². The normalized spacial score (nSPS) is 21.6. The lowest BCUT2D eigenvalue weighted by atomic mass is 9.82. The van der Waals surface area contributed by atoms with Crippen LogP contribution in [0, 0.1) is 16.7 Å². The lowest BCUT2D eigenvalue weighted by molar-refractivity contribution is -0.150. The minimum absolute atomic E-state index is 0.165. The van der Waals surface area contributed by atoms with Crippen LogP contribution < -0.4 is 0 Å². The molecule has 0 aromatic heterocycles. The zero-order valence-corrected chi connectivity index (χ0v) is 12.0. The zero-order chi connectivity index (χ0) is 15.5. The summed E-state index contributed by atoms with van der Waals surface area (Å²) in [6, 6.07) is 9.02. The predicted octanol–water partition coefficient (Wildman–Crippen LogP) is 2.08. The molecule has 1 heterocycles. The number of rotatable bonds is 3. The van der Waals surface area contributed by atoms with Crippen LogP contribution in [0.15, 0.2) is 24.3 Å². The van der Waals surface area contributed by atoms with E-state index in [4.69, 9.17) is 5.26 Å². The maximum atomic E-state index is 12.5. The highest BCUT2D eigenvalue weighted by molar-refractivity contribution is 5.95. The first-order valence-corrected chi connectivity index (χ1v) is 6.95. The third-order valence-corrected chi connectivity index (χ3v) is 3.96. The Morgan fingerprint density at radius 3 is 2.90 bits per heavy atom. The van der Waals surface area contributed by atoms with E-state index in [1.54, 1.807) is 36.1 Å². The summed E-state index contributed by atoms with van der Waals surface area (Å²) < 4.78 is 0. The SMILES string of the molecule is CC1(C(=O)O)CCCN(C(=O)c2cccc(CC#N)c2)C1. The first kappa shape index (κ1) is 15.0. The molecule has 1 saturated heterocycles. The van der Waals surface area contributed by atoms with Gasteiger partial charge in [0.1, 0.15) is 0 Å². The van der Waals surface area contributed by atoms with E-state index in [1.807, 2.05) is 0 Å². The molecule has 5 heteroatoms. The number of nitriles is 1. The Bertz CT molecular complexity index is 606. The molecular weight excluding hydrogens is 268 g/mol. The van der Waals surface area contributed by atoms with E-state index >= 15 is 0 Å². The average molecular weight is 286 g/mol. The van der Waals surface area contributed by atoms with Gasteiger partial charge in [0.2, 0.25) is 0 Å². The number of piperidine rings is 1. The number of carbonyl (C=O) groups excluding carboxylic acids is 1. The molecule has 1 amide bonds. The van der Waals surface area contributed by atoms with Crippen LogP contribution in [-0.4, -0.2) is 35.0 Å². The summed E-state index contributed by atoms with van der Waals surface area (Å²) in [5.41, 5.74) is 0.428. The van der Waals surface area contributed by atoms with Gasteiger partial charge in [-0.05, 0) is 37.5 Å². The summed E-state index contributed by atoms with van der Waals surface area (Å²) in [5.74, 6) is -1.03. The van der Waals surface area contributed by atoms with Gasteiger partial charge in [-0.15, -0.1) is 0 Å². The van der Waals surface area contributed by atoms with Crippen LogP contribution in [0.2, 0.25) is 0 Å². The highest BCUT2D eigenvalue weighted by Crippen LogP contribution is 2.30. The fraction of sp³-hybridized carbons (Fsp3) is 0.438. The van der Waals surface area contributed by atoms with E-state index < -0.39 is 11.4 Å². The Morgan fingerprint density at radius 2 is 2.24 bits per heavy atom. The van der Waals surface area contributed by atoms with E-state index in [2.05, 4.69) is 6.07 Å². The fourth-order valence-electron chi connectivity index (χ4n) is 2.68. The molecule has 1 aliphatic heterocycles. The molecule has 1 fully saturated rings. The average Bonchev–Trinajstić information content (AvgIpc) is 2.47. The fourth-order valence-corrected chi connectivity index (χ4v) is 2.68. The Morgan fingerprint density at radius 1 is 1.48 bits per heavy atom. The van der Waals surface area contributed by atoms with Crippen molar-refractivity contribution in [1.29, 1.82) is 5.26 Å². The molecule has 0 saturated carbocycles. The van der Waals surface area contributed by atoms with Gasteiger partial charge in [-0.3, -0.25) is 9.59 Å². The second-order valence-corrected chi connectivity index (χ2v) is 5.73. The van der Waals surface area contributed by atoms with Gasteiger partial charge in [0.15, 0.2) is 0 Å². The molecule has 0 aliphatic carbocycles. The van der Waals surface area contributed by atoms with Crippen molar-refractivity contribution in [3.63, 3.8) is 0 Å². The highest BCUT2D eigenvalue weighted by Gasteiger charge is 2.39. The lowest BCUT2D eigenvalue weighted by Crippen LogP contribution is -2.48. The molecule has 1 aromatic carbocycles. The molecular formula is C16H18N2O3. The third-order valence-electron chi connectivity index (χ3n) is 3.96. The summed E-state index contributed by atoms with van der Waals surface area (Å²) >= 11 is 0. The van der Waals surface area contributed by atoms with Gasteiger partial charge in [-0.1, -0.05) is 12.1 Å². The molecule has 1 aliphatic rings. The first-order valence-electron chi connectivity index (χ1n) is 6.95. The summed E-state index contributed by atoms with van der Waals surface area (Å²) in [7, 11) is 0. The number of likely N-dealkylation sites (tertiary alicyclic amines) is 1. The minimum atomic E-state index is -0.877. The largest absolute Gasteiger partial charge is 0.481 e. The molecule has 0 spiro atoms. The van der Waals surface area contributed by atoms with Crippen molar-refractivity contribution >= 4 is 11.9 Å². The van der Waals surface area contributed by atoms with Crippen LogP contribution in [0.3, 0.4) is 0 Å². The third kappa shape index (κ3) is 3.22. The van der Waals surface area contributed by atoms with Crippen molar-refractivity contribution in [3.05, 3.63) is 35.4 Å². The summed E-state index contributed by atoms with van der Waals surface area (Å²) in [5, 5.41) is 18.0. The summed E-state index contributed by atoms with van der Waals surface area (Å²) in [6.07, 6.45) is 1.53. The van der Waals surface area contributed by atoms with Gasteiger partial charge in [-0.2, -0.15) is 5.26 Å². The highest BCUT2D eigenvalue weighted by atomic mass is 16.4. The van der Waals surface area contributed by atoms with Crippen LogP contribution in [0.5, 0.6) is 0 Å². The Kier molecular flexibility index (Phi) is 4.27. The molecule has 0 radical (unpaired) electrons.